The molecule has 5 rings (SSSR count). The minimum Gasteiger partial charge on any atom is -0.353 e. The number of rotatable bonds is 5. The number of aromatic nitrogens is 4. The number of carbonyl (C=O) groups is 1. The first kappa shape index (κ1) is 23.6. The molecule has 36 heavy (non-hydrogen) atoms. The fourth-order valence-electron chi connectivity index (χ4n) is 4.31. The molecule has 0 radical (unpaired) electrons. The maximum absolute atomic E-state index is 13.9. The van der Waals surface area contributed by atoms with Crippen LogP contribution in [-0.4, -0.2) is 56.7 Å². The second-order valence-corrected chi connectivity index (χ2v) is 8.90. The van der Waals surface area contributed by atoms with Crippen LogP contribution in [-0.2, 0) is 11.3 Å². The number of nitrogens with zero attached hydrogens (tertiary/aromatic N) is 6. The number of aryl methyl sites for hydroxylation is 2. The average molecular weight is 489 g/mol. The lowest BCUT2D eigenvalue weighted by molar-refractivity contribution is -0.132. The maximum atomic E-state index is 13.9. The zero-order chi connectivity index (χ0) is 25.2. The van der Waals surface area contributed by atoms with Crippen molar-refractivity contribution in [1.82, 2.24) is 24.6 Å². The second-order valence-electron chi connectivity index (χ2n) is 8.90. The van der Waals surface area contributed by atoms with Gasteiger partial charge in [-0.3, -0.25) is 4.79 Å². The summed E-state index contributed by atoms with van der Waals surface area (Å²) in [6.07, 6.45) is 1.76. The lowest BCUT2D eigenvalue weighted by Gasteiger charge is -2.35. The minimum atomic E-state index is -0.318. The highest BCUT2D eigenvalue weighted by Gasteiger charge is 2.24. The van der Waals surface area contributed by atoms with Crippen LogP contribution in [0.1, 0.15) is 11.1 Å². The maximum Gasteiger partial charge on any atom is 0.244 e. The molecule has 184 valence electrons. The molecule has 0 bridgehead atoms. The van der Waals surface area contributed by atoms with Gasteiger partial charge in [0, 0.05) is 43.5 Å². The third-order valence-corrected chi connectivity index (χ3v) is 6.39. The summed E-state index contributed by atoms with van der Waals surface area (Å²) < 4.78 is 29.3. The monoisotopic (exact) mass is 488 g/mol. The molecule has 3 heterocycles. The van der Waals surface area contributed by atoms with Crippen LogP contribution in [0, 0.1) is 25.5 Å². The van der Waals surface area contributed by atoms with Gasteiger partial charge >= 0.3 is 0 Å². The molecule has 9 heteroatoms. The molecule has 2 aromatic heterocycles. The third-order valence-electron chi connectivity index (χ3n) is 6.39. The van der Waals surface area contributed by atoms with Gasteiger partial charge in [0.2, 0.25) is 5.91 Å². The van der Waals surface area contributed by atoms with E-state index in [1.165, 1.54) is 12.1 Å². The van der Waals surface area contributed by atoms with E-state index in [0.717, 1.165) is 5.82 Å². The predicted molar refractivity (Wildman–Crippen MR) is 133 cm³/mol. The van der Waals surface area contributed by atoms with Crippen molar-refractivity contribution in [2.75, 3.05) is 31.1 Å². The fraction of sp³-hybridized carbons (Fsp3) is 0.259. The van der Waals surface area contributed by atoms with Crippen molar-refractivity contribution in [1.29, 1.82) is 0 Å². The standard InChI is InChI=1S/C27H26F2N6O/c1-18-15-20(6-8-22(18)28)26-31-27(21-7-9-23(29)19(2)16-21)35(32-26)17-25(36)34-13-11-33(12-14-34)24-5-3-4-10-30-24/h3-10,15-16H,11-14,17H2,1-2H3. The average Bonchev–Trinajstić information content (AvgIpc) is 3.31. The number of piperazine rings is 1. The predicted octanol–water partition coefficient (Wildman–Crippen LogP) is 4.25. The molecule has 0 atom stereocenters. The lowest BCUT2D eigenvalue weighted by atomic mass is 10.1. The van der Waals surface area contributed by atoms with Gasteiger partial charge in [-0.1, -0.05) is 6.07 Å². The number of hydrogen-bond donors (Lipinski definition) is 0. The Labute approximate surface area is 208 Å². The van der Waals surface area contributed by atoms with Gasteiger partial charge in [-0.05, 0) is 73.5 Å². The Bertz CT molecular complexity index is 1400. The molecule has 1 aliphatic heterocycles. The van der Waals surface area contributed by atoms with Crippen molar-refractivity contribution in [2.45, 2.75) is 20.4 Å². The summed E-state index contributed by atoms with van der Waals surface area (Å²) in [5.41, 5.74) is 2.24. The van der Waals surface area contributed by atoms with Gasteiger partial charge in [0.1, 0.15) is 24.0 Å². The summed E-state index contributed by atoms with van der Waals surface area (Å²) in [7, 11) is 0. The Morgan fingerprint density at radius 3 is 2.19 bits per heavy atom. The second kappa shape index (κ2) is 9.85. The quantitative estimate of drug-likeness (QED) is 0.420. The Morgan fingerprint density at radius 2 is 1.56 bits per heavy atom. The van der Waals surface area contributed by atoms with E-state index in [1.807, 2.05) is 23.1 Å². The van der Waals surface area contributed by atoms with Crippen LogP contribution in [0.2, 0.25) is 0 Å². The van der Waals surface area contributed by atoms with Crippen molar-refractivity contribution in [2.24, 2.45) is 0 Å². The van der Waals surface area contributed by atoms with Crippen molar-refractivity contribution < 1.29 is 13.6 Å². The first-order valence-electron chi connectivity index (χ1n) is 11.8. The van der Waals surface area contributed by atoms with Gasteiger partial charge in [0.15, 0.2) is 11.6 Å². The molecule has 4 aromatic rings. The van der Waals surface area contributed by atoms with Crippen molar-refractivity contribution in [3.63, 3.8) is 0 Å². The highest BCUT2D eigenvalue weighted by molar-refractivity contribution is 5.77. The lowest BCUT2D eigenvalue weighted by Crippen LogP contribution is -2.49. The molecule has 0 unspecified atom stereocenters. The van der Waals surface area contributed by atoms with E-state index in [-0.39, 0.29) is 24.1 Å². The smallest absolute Gasteiger partial charge is 0.244 e. The van der Waals surface area contributed by atoms with Gasteiger partial charge in [0.25, 0.3) is 0 Å². The zero-order valence-corrected chi connectivity index (χ0v) is 20.2. The first-order chi connectivity index (χ1) is 17.4. The van der Waals surface area contributed by atoms with Gasteiger partial charge in [-0.25, -0.2) is 23.4 Å². The van der Waals surface area contributed by atoms with Crippen LogP contribution in [0.4, 0.5) is 14.6 Å². The van der Waals surface area contributed by atoms with E-state index in [4.69, 9.17) is 0 Å². The number of halogens is 2. The van der Waals surface area contributed by atoms with Crippen LogP contribution in [0.5, 0.6) is 0 Å². The molecule has 1 aliphatic rings. The van der Waals surface area contributed by atoms with Crippen LogP contribution in [0.15, 0.2) is 60.8 Å². The van der Waals surface area contributed by atoms with E-state index in [2.05, 4.69) is 20.0 Å². The summed E-state index contributed by atoms with van der Waals surface area (Å²) in [5.74, 6) is 1.02. The summed E-state index contributed by atoms with van der Waals surface area (Å²) in [6.45, 7) is 5.85. The molecule has 0 saturated carbocycles. The summed E-state index contributed by atoms with van der Waals surface area (Å²) in [4.78, 5) is 26.3. The molecule has 1 saturated heterocycles. The van der Waals surface area contributed by atoms with Crippen LogP contribution in [0.3, 0.4) is 0 Å². The number of amides is 1. The van der Waals surface area contributed by atoms with Gasteiger partial charge < -0.3 is 9.80 Å². The molecule has 7 nitrogen and oxygen atoms in total. The molecule has 0 aliphatic carbocycles. The van der Waals surface area contributed by atoms with Crippen LogP contribution < -0.4 is 4.90 Å². The van der Waals surface area contributed by atoms with E-state index in [0.29, 0.717) is 60.1 Å². The van der Waals surface area contributed by atoms with E-state index < -0.39 is 0 Å². The molecule has 2 aromatic carbocycles. The number of carbonyl (C=O) groups excluding carboxylic acids is 1. The zero-order valence-electron chi connectivity index (χ0n) is 20.2. The SMILES string of the molecule is Cc1cc(-c2nc(-c3ccc(F)c(C)c3)n(CC(=O)N3CCN(c4ccccn4)CC3)n2)ccc1F. The summed E-state index contributed by atoms with van der Waals surface area (Å²) in [5, 5.41) is 4.60. The van der Waals surface area contributed by atoms with Gasteiger partial charge in [-0.15, -0.1) is 5.10 Å². The van der Waals surface area contributed by atoms with Crippen molar-refractivity contribution >= 4 is 11.7 Å². The highest BCUT2D eigenvalue weighted by atomic mass is 19.1. The van der Waals surface area contributed by atoms with E-state index >= 15 is 0 Å². The molecular weight excluding hydrogens is 462 g/mol. The van der Waals surface area contributed by atoms with Gasteiger partial charge in [-0.2, -0.15) is 0 Å². The highest BCUT2D eigenvalue weighted by Crippen LogP contribution is 2.26. The fourth-order valence-corrected chi connectivity index (χ4v) is 4.31. The van der Waals surface area contributed by atoms with Crippen molar-refractivity contribution in [3.8, 4) is 22.8 Å². The molecule has 0 N–H and O–H groups in total. The van der Waals surface area contributed by atoms with E-state index in [9.17, 15) is 13.6 Å². The molecular formula is C27H26F2N6O. The molecule has 1 fully saturated rings. The van der Waals surface area contributed by atoms with Crippen LogP contribution >= 0.6 is 0 Å². The Balaban J connectivity index is 1.40. The molecule has 1 amide bonds. The Hall–Kier alpha value is -4.14. The van der Waals surface area contributed by atoms with Gasteiger partial charge in [0.05, 0.1) is 0 Å². The topological polar surface area (TPSA) is 67.2 Å². The number of benzene rings is 2. The third kappa shape index (κ3) is 4.82. The molecule has 0 spiro atoms. The summed E-state index contributed by atoms with van der Waals surface area (Å²) >= 11 is 0. The normalized spacial score (nSPS) is 13.8. The number of pyridine rings is 1. The minimum absolute atomic E-state index is 0.0114. The van der Waals surface area contributed by atoms with Crippen LogP contribution in [0.25, 0.3) is 22.8 Å². The first-order valence-corrected chi connectivity index (χ1v) is 11.8. The number of hydrogen-bond acceptors (Lipinski definition) is 5. The Kier molecular flexibility index (Phi) is 6.45. The largest absolute Gasteiger partial charge is 0.353 e. The number of anilines is 1. The van der Waals surface area contributed by atoms with Crippen molar-refractivity contribution in [3.05, 3.63) is 83.6 Å². The Morgan fingerprint density at radius 1 is 0.889 bits per heavy atom. The van der Waals surface area contributed by atoms with E-state index in [1.54, 1.807) is 49.0 Å². The summed E-state index contributed by atoms with van der Waals surface area (Å²) in [6, 6.07) is 15.1.